The van der Waals surface area contributed by atoms with Crippen LogP contribution in [0.15, 0.2) is 47.4 Å². The van der Waals surface area contributed by atoms with Gasteiger partial charge in [0.1, 0.15) is 5.75 Å². The number of hydrogen-bond donors (Lipinski definition) is 1. The monoisotopic (exact) mass is 402 g/mol. The Morgan fingerprint density at radius 1 is 1.27 bits per heavy atom. The van der Waals surface area contributed by atoms with Gasteiger partial charge in [-0.05, 0) is 37.3 Å². The number of nitrogens with one attached hydrogen (secondary N) is 1. The number of thioether (sulfide) groups is 1. The lowest BCUT2D eigenvalue weighted by Crippen LogP contribution is -2.30. The molecule has 0 spiro atoms. The summed E-state index contributed by atoms with van der Waals surface area (Å²) in [6, 6.07) is 9.56. The molecular weight excluding hydrogens is 390 g/mol. The predicted molar refractivity (Wildman–Crippen MR) is 95.1 cm³/mol. The van der Waals surface area contributed by atoms with Crippen LogP contribution in [0.1, 0.15) is 6.92 Å². The first-order valence-electron chi connectivity index (χ1n) is 7.22. The van der Waals surface area contributed by atoms with Gasteiger partial charge in [-0.25, -0.2) is 0 Å². The Hall–Kier alpha value is -2.39. The quantitative estimate of drug-likeness (QED) is 0.401. The van der Waals surface area contributed by atoms with Crippen LogP contribution in [-0.4, -0.2) is 22.7 Å². The summed E-state index contributed by atoms with van der Waals surface area (Å²) >= 11 is 6.32. The lowest BCUT2D eigenvalue weighted by Gasteiger charge is -2.15. The number of carbonyl (C=O) groups is 1. The number of hydrogen-bond acceptors (Lipinski definition) is 5. The molecule has 0 radical (unpaired) electrons. The second kappa shape index (κ2) is 8.81. The average molecular weight is 403 g/mol. The molecule has 2 aromatic rings. The molecule has 0 unspecified atom stereocenters. The zero-order chi connectivity index (χ0) is 19.3. The van der Waals surface area contributed by atoms with Crippen LogP contribution in [0.3, 0.4) is 0 Å². The summed E-state index contributed by atoms with van der Waals surface area (Å²) in [6.45, 7) is 1.48. The van der Waals surface area contributed by atoms with Gasteiger partial charge in [-0.2, -0.15) is 8.78 Å². The van der Waals surface area contributed by atoms with E-state index in [4.69, 9.17) is 16.3 Å². The fourth-order valence-electron chi connectivity index (χ4n) is 1.91. The minimum absolute atomic E-state index is 0.00669. The van der Waals surface area contributed by atoms with Crippen LogP contribution in [0.25, 0.3) is 0 Å². The molecule has 0 aromatic heterocycles. The van der Waals surface area contributed by atoms with Crippen molar-refractivity contribution in [3.8, 4) is 5.75 Å². The van der Waals surface area contributed by atoms with Crippen molar-refractivity contribution in [3.05, 3.63) is 57.6 Å². The highest BCUT2D eigenvalue weighted by Crippen LogP contribution is 2.30. The van der Waals surface area contributed by atoms with E-state index in [9.17, 15) is 23.7 Å². The van der Waals surface area contributed by atoms with E-state index in [0.717, 1.165) is 6.07 Å². The Labute approximate surface area is 156 Å². The number of nitro benzene ring substituents is 1. The molecule has 0 aliphatic carbocycles. The summed E-state index contributed by atoms with van der Waals surface area (Å²) in [6.07, 6.45) is -0.941. The van der Waals surface area contributed by atoms with Crippen LogP contribution < -0.4 is 10.1 Å². The van der Waals surface area contributed by atoms with Gasteiger partial charge >= 0.3 is 0 Å². The lowest BCUT2D eigenvalue weighted by molar-refractivity contribution is -0.384. The molecule has 1 N–H and O–H groups in total. The summed E-state index contributed by atoms with van der Waals surface area (Å²) in [5.41, 5.74) is 0.222. The molecule has 10 heteroatoms. The van der Waals surface area contributed by atoms with Gasteiger partial charge in [0.25, 0.3) is 17.4 Å². The molecular formula is C16H13ClF2N2O4S. The molecule has 0 aliphatic rings. The van der Waals surface area contributed by atoms with Crippen molar-refractivity contribution in [2.45, 2.75) is 23.7 Å². The third kappa shape index (κ3) is 5.57. The number of nitrogens with zero attached hydrogens (tertiary/aromatic N) is 1. The molecule has 0 saturated carbocycles. The zero-order valence-corrected chi connectivity index (χ0v) is 14.9. The Bertz CT molecular complexity index is 805. The van der Waals surface area contributed by atoms with Gasteiger partial charge in [0, 0.05) is 22.7 Å². The third-order valence-corrected chi connectivity index (χ3v) is 4.16. The molecule has 1 atom stereocenters. The molecule has 6 nitrogen and oxygen atoms in total. The number of rotatable bonds is 7. The molecule has 2 aromatic carbocycles. The SMILES string of the molecule is C[C@H](Oc1ccc([N+](=O)[O-])cc1Cl)C(=O)Nc1ccc(SC(F)F)cc1. The number of carbonyl (C=O) groups excluding carboxylic acids is 1. The van der Waals surface area contributed by atoms with Crippen LogP contribution in [0.5, 0.6) is 5.75 Å². The van der Waals surface area contributed by atoms with Gasteiger partial charge in [-0.15, -0.1) is 0 Å². The lowest BCUT2D eigenvalue weighted by atomic mass is 10.3. The predicted octanol–water partition coefficient (Wildman–Crippen LogP) is 4.97. The van der Waals surface area contributed by atoms with E-state index >= 15 is 0 Å². The van der Waals surface area contributed by atoms with E-state index in [2.05, 4.69) is 5.32 Å². The van der Waals surface area contributed by atoms with E-state index in [1.165, 1.54) is 43.3 Å². The molecule has 0 saturated heterocycles. The van der Waals surface area contributed by atoms with E-state index in [1.54, 1.807) is 0 Å². The third-order valence-electron chi connectivity index (χ3n) is 3.15. The largest absolute Gasteiger partial charge is 0.479 e. The molecule has 0 aliphatic heterocycles. The van der Waals surface area contributed by atoms with Gasteiger partial charge in [0.2, 0.25) is 0 Å². The smallest absolute Gasteiger partial charge is 0.288 e. The molecule has 26 heavy (non-hydrogen) atoms. The van der Waals surface area contributed by atoms with Gasteiger partial charge < -0.3 is 10.1 Å². The minimum Gasteiger partial charge on any atom is -0.479 e. The molecule has 0 heterocycles. The number of alkyl halides is 2. The van der Waals surface area contributed by atoms with E-state index in [1.807, 2.05) is 0 Å². The number of halogens is 3. The summed E-state index contributed by atoms with van der Waals surface area (Å²) in [5, 5.41) is 13.3. The highest BCUT2D eigenvalue weighted by molar-refractivity contribution is 7.99. The number of amides is 1. The Balaban J connectivity index is 1.98. The van der Waals surface area contributed by atoms with Crippen LogP contribution in [0.4, 0.5) is 20.2 Å². The van der Waals surface area contributed by atoms with Crippen molar-refractivity contribution < 1.29 is 23.2 Å². The molecule has 138 valence electrons. The van der Waals surface area contributed by atoms with Gasteiger partial charge in [0.05, 0.1) is 9.95 Å². The van der Waals surface area contributed by atoms with Crippen molar-refractivity contribution in [1.82, 2.24) is 0 Å². The summed E-state index contributed by atoms with van der Waals surface area (Å²) in [7, 11) is 0. The number of ether oxygens (including phenoxy) is 1. The van der Waals surface area contributed by atoms with Crippen LogP contribution in [0, 0.1) is 10.1 Å². The summed E-state index contributed by atoms with van der Waals surface area (Å²) in [4.78, 5) is 22.6. The van der Waals surface area contributed by atoms with Crippen molar-refractivity contribution >= 4 is 40.6 Å². The molecule has 0 fully saturated rings. The second-order valence-corrected chi connectivity index (χ2v) is 6.49. The van der Waals surface area contributed by atoms with E-state index in [0.29, 0.717) is 22.3 Å². The second-order valence-electron chi connectivity index (χ2n) is 5.02. The van der Waals surface area contributed by atoms with Crippen LogP contribution >= 0.6 is 23.4 Å². The number of non-ortho nitro benzene ring substituents is 1. The van der Waals surface area contributed by atoms with Gasteiger partial charge in [-0.3, -0.25) is 14.9 Å². The molecule has 2 rings (SSSR count). The van der Waals surface area contributed by atoms with E-state index in [-0.39, 0.29) is 16.5 Å². The standard InChI is InChI=1S/C16H13ClF2N2O4S/c1-9(25-14-7-4-11(21(23)24)8-13(14)17)15(22)20-10-2-5-12(6-3-10)26-16(18)19/h2-9,16H,1H3,(H,20,22)/t9-/m0/s1. The first kappa shape index (κ1) is 19.9. The number of nitro groups is 1. The highest BCUT2D eigenvalue weighted by atomic mass is 35.5. The van der Waals surface area contributed by atoms with Crippen LogP contribution in [-0.2, 0) is 4.79 Å². The Morgan fingerprint density at radius 3 is 2.46 bits per heavy atom. The number of anilines is 1. The van der Waals surface area contributed by atoms with Crippen molar-refractivity contribution in [2.75, 3.05) is 5.32 Å². The Morgan fingerprint density at radius 2 is 1.92 bits per heavy atom. The summed E-state index contributed by atoms with van der Waals surface area (Å²) in [5.74, 6) is -2.88. The average Bonchev–Trinajstić information content (AvgIpc) is 2.57. The topological polar surface area (TPSA) is 81.5 Å². The Kier molecular flexibility index (Phi) is 6.76. The zero-order valence-electron chi connectivity index (χ0n) is 13.3. The van der Waals surface area contributed by atoms with Gasteiger partial charge in [-0.1, -0.05) is 23.4 Å². The maximum Gasteiger partial charge on any atom is 0.288 e. The highest BCUT2D eigenvalue weighted by Gasteiger charge is 2.18. The fraction of sp³-hybridized carbons (Fsp3) is 0.188. The normalized spacial score (nSPS) is 11.9. The maximum atomic E-state index is 12.3. The summed E-state index contributed by atoms with van der Waals surface area (Å²) < 4.78 is 30.0. The maximum absolute atomic E-state index is 12.3. The molecule has 1 amide bonds. The van der Waals surface area contributed by atoms with Crippen molar-refractivity contribution in [2.24, 2.45) is 0 Å². The van der Waals surface area contributed by atoms with Crippen molar-refractivity contribution in [3.63, 3.8) is 0 Å². The van der Waals surface area contributed by atoms with E-state index < -0.39 is 22.7 Å². The first-order valence-corrected chi connectivity index (χ1v) is 8.48. The first-order chi connectivity index (χ1) is 12.3. The van der Waals surface area contributed by atoms with Crippen LogP contribution in [0.2, 0.25) is 5.02 Å². The molecule has 0 bridgehead atoms. The number of benzene rings is 2. The van der Waals surface area contributed by atoms with Crippen molar-refractivity contribution in [1.29, 1.82) is 0 Å². The van der Waals surface area contributed by atoms with Gasteiger partial charge in [0.15, 0.2) is 6.10 Å². The minimum atomic E-state index is -2.52. The fourth-order valence-corrected chi connectivity index (χ4v) is 2.62.